The zero-order valence-electron chi connectivity index (χ0n) is 13.6. The van der Waals surface area contributed by atoms with E-state index in [1.807, 2.05) is 0 Å². The highest BCUT2D eigenvalue weighted by atomic mass is 19.1. The van der Waals surface area contributed by atoms with Crippen molar-refractivity contribution >= 4 is 18.1 Å². The number of amides is 1. The van der Waals surface area contributed by atoms with E-state index in [1.165, 1.54) is 25.5 Å². The van der Waals surface area contributed by atoms with Crippen LogP contribution in [0.15, 0.2) is 53.7 Å². The van der Waals surface area contributed by atoms with Gasteiger partial charge in [0, 0.05) is 6.54 Å². The monoisotopic (exact) mass is 344 g/mol. The molecule has 0 heterocycles. The molecule has 0 saturated carbocycles. The SMILES string of the molecule is COC(=O)c1ccc(/C=N\OCC(=O)NCc2ccc(F)cc2)cc1. The first-order chi connectivity index (χ1) is 12.1. The summed E-state index contributed by atoms with van der Waals surface area (Å²) in [6.07, 6.45) is 1.42. The van der Waals surface area contributed by atoms with Gasteiger partial charge in [-0.3, -0.25) is 4.79 Å². The molecule has 0 aliphatic rings. The predicted molar refractivity (Wildman–Crippen MR) is 89.6 cm³/mol. The summed E-state index contributed by atoms with van der Waals surface area (Å²) in [4.78, 5) is 27.8. The number of halogens is 1. The number of carbonyl (C=O) groups is 2. The Kier molecular flexibility index (Phi) is 6.65. The van der Waals surface area contributed by atoms with E-state index in [2.05, 4.69) is 15.2 Å². The van der Waals surface area contributed by atoms with E-state index in [9.17, 15) is 14.0 Å². The first-order valence-corrected chi connectivity index (χ1v) is 7.43. The minimum atomic E-state index is -0.419. The zero-order chi connectivity index (χ0) is 18.1. The predicted octanol–water partition coefficient (Wildman–Crippen LogP) is 2.28. The van der Waals surface area contributed by atoms with Crippen molar-refractivity contribution < 1.29 is 23.6 Å². The van der Waals surface area contributed by atoms with Crippen molar-refractivity contribution in [3.05, 3.63) is 71.0 Å². The molecule has 2 aromatic carbocycles. The molecule has 7 heteroatoms. The van der Waals surface area contributed by atoms with Gasteiger partial charge in [0.05, 0.1) is 18.9 Å². The Labute approximate surface area is 144 Å². The van der Waals surface area contributed by atoms with Gasteiger partial charge >= 0.3 is 5.97 Å². The Morgan fingerprint density at radius 2 is 1.80 bits per heavy atom. The molecule has 0 bridgehead atoms. The van der Waals surface area contributed by atoms with Crippen LogP contribution in [0.1, 0.15) is 21.5 Å². The fourth-order valence-corrected chi connectivity index (χ4v) is 1.87. The molecule has 2 aromatic rings. The molecule has 0 saturated heterocycles. The Morgan fingerprint density at radius 3 is 2.44 bits per heavy atom. The fraction of sp³-hybridized carbons (Fsp3) is 0.167. The van der Waals surface area contributed by atoms with E-state index in [4.69, 9.17) is 4.84 Å². The number of ether oxygens (including phenoxy) is 1. The smallest absolute Gasteiger partial charge is 0.337 e. The molecule has 0 fully saturated rings. The van der Waals surface area contributed by atoms with Gasteiger partial charge in [-0.15, -0.1) is 0 Å². The maximum absolute atomic E-state index is 12.8. The van der Waals surface area contributed by atoms with Crippen LogP contribution >= 0.6 is 0 Å². The van der Waals surface area contributed by atoms with Gasteiger partial charge in [0.25, 0.3) is 5.91 Å². The fourth-order valence-electron chi connectivity index (χ4n) is 1.87. The van der Waals surface area contributed by atoms with Gasteiger partial charge in [0.1, 0.15) is 5.82 Å². The lowest BCUT2D eigenvalue weighted by Crippen LogP contribution is -2.26. The van der Waals surface area contributed by atoms with Crippen molar-refractivity contribution in [2.75, 3.05) is 13.7 Å². The Balaban J connectivity index is 1.72. The van der Waals surface area contributed by atoms with Crippen LogP contribution in [0.3, 0.4) is 0 Å². The molecule has 2 rings (SSSR count). The van der Waals surface area contributed by atoms with Crippen LogP contribution in [-0.4, -0.2) is 31.8 Å². The highest BCUT2D eigenvalue weighted by Gasteiger charge is 2.04. The molecule has 0 radical (unpaired) electrons. The number of esters is 1. The van der Waals surface area contributed by atoms with Gasteiger partial charge in [0.15, 0.2) is 6.61 Å². The van der Waals surface area contributed by atoms with Gasteiger partial charge < -0.3 is 14.9 Å². The molecule has 1 amide bonds. The van der Waals surface area contributed by atoms with Crippen LogP contribution in [-0.2, 0) is 20.9 Å². The molecule has 0 aromatic heterocycles. The molecule has 0 spiro atoms. The quantitative estimate of drug-likeness (QED) is 0.475. The van der Waals surface area contributed by atoms with E-state index in [-0.39, 0.29) is 24.9 Å². The van der Waals surface area contributed by atoms with E-state index in [0.29, 0.717) is 11.1 Å². The number of nitrogens with one attached hydrogen (secondary N) is 1. The van der Waals surface area contributed by atoms with Gasteiger partial charge in [-0.25, -0.2) is 9.18 Å². The average molecular weight is 344 g/mol. The summed E-state index contributed by atoms with van der Waals surface area (Å²) in [7, 11) is 1.31. The molecule has 0 aliphatic heterocycles. The number of oxime groups is 1. The molecular weight excluding hydrogens is 327 g/mol. The van der Waals surface area contributed by atoms with Crippen LogP contribution in [0.4, 0.5) is 4.39 Å². The summed E-state index contributed by atoms with van der Waals surface area (Å²) in [6, 6.07) is 12.4. The second kappa shape index (κ2) is 9.17. The lowest BCUT2D eigenvalue weighted by atomic mass is 10.1. The number of methoxy groups -OCH3 is 1. The van der Waals surface area contributed by atoms with Gasteiger partial charge in [0.2, 0.25) is 0 Å². The van der Waals surface area contributed by atoms with Crippen molar-refractivity contribution in [2.24, 2.45) is 5.16 Å². The lowest BCUT2D eigenvalue weighted by Gasteiger charge is -2.04. The maximum atomic E-state index is 12.8. The first-order valence-electron chi connectivity index (χ1n) is 7.43. The molecule has 6 nitrogen and oxygen atoms in total. The third-order valence-corrected chi connectivity index (χ3v) is 3.21. The summed E-state index contributed by atoms with van der Waals surface area (Å²) in [5.74, 6) is -1.09. The van der Waals surface area contributed by atoms with Crippen molar-refractivity contribution in [2.45, 2.75) is 6.54 Å². The number of nitrogens with zero attached hydrogens (tertiary/aromatic N) is 1. The molecule has 0 aliphatic carbocycles. The van der Waals surface area contributed by atoms with Gasteiger partial charge in [-0.1, -0.05) is 29.4 Å². The largest absolute Gasteiger partial charge is 0.465 e. The lowest BCUT2D eigenvalue weighted by molar-refractivity contribution is -0.125. The van der Waals surface area contributed by atoms with E-state index >= 15 is 0 Å². The number of hydrogen-bond donors (Lipinski definition) is 1. The molecule has 0 atom stereocenters. The minimum Gasteiger partial charge on any atom is -0.465 e. The van der Waals surface area contributed by atoms with Gasteiger partial charge in [-0.05, 0) is 35.4 Å². The van der Waals surface area contributed by atoms with Crippen LogP contribution in [0.25, 0.3) is 0 Å². The second-order valence-electron chi connectivity index (χ2n) is 5.02. The highest BCUT2D eigenvalue weighted by molar-refractivity contribution is 5.90. The third-order valence-electron chi connectivity index (χ3n) is 3.21. The number of carbonyl (C=O) groups excluding carboxylic acids is 2. The van der Waals surface area contributed by atoms with Gasteiger partial charge in [-0.2, -0.15) is 0 Å². The molecule has 25 heavy (non-hydrogen) atoms. The summed E-state index contributed by atoms with van der Waals surface area (Å²) in [5.41, 5.74) is 1.92. The molecular formula is C18H17FN2O4. The minimum absolute atomic E-state index is 0.238. The number of rotatable bonds is 7. The molecule has 1 N–H and O–H groups in total. The van der Waals surface area contributed by atoms with Crippen molar-refractivity contribution in [1.29, 1.82) is 0 Å². The zero-order valence-corrected chi connectivity index (χ0v) is 13.6. The summed E-state index contributed by atoms with van der Waals surface area (Å²) in [6.45, 7) is 0.0408. The van der Waals surface area contributed by atoms with Crippen molar-refractivity contribution in [3.63, 3.8) is 0 Å². The summed E-state index contributed by atoms with van der Waals surface area (Å²) >= 11 is 0. The Morgan fingerprint density at radius 1 is 1.12 bits per heavy atom. The maximum Gasteiger partial charge on any atom is 0.337 e. The number of benzene rings is 2. The Hall–Kier alpha value is -3.22. The van der Waals surface area contributed by atoms with Crippen molar-refractivity contribution in [1.82, 2.24) is 5.32 Å². The second-order valence-corrected chi connectivity index (χ2v) is 5.02. The van der Waals surface area contributed by atoms with Crippen molar-refractivity contribution in [3.8, 4) is 0 Å². The standard InChI is InChI=1S/C18H17FN2O4/c1-24-18(23)15-6-2-14(3-7-15)11-21-25-12-17(22)20-10-13-4-8-16(19)9-5-13/h2-9,11H,10,12H2,1H3,(H,20,22)/b21-11-. The van der Waals surface area contributed by atoms with Crippen LogP contribution < -0.4 is 5.32 Å². The molecule has 130 valence electrons. The first kappa shape index (κ1) is 18.1. The van der Waals surface area contributed by atoms with Crippen LogP contribution in [0.2, 0.25) is 0 Å². The van der Waals surface area contributed by atoms with Crippen LogP contribution in [0.5, 0.6) is 0 Å². The molecule has 0 unspecified atom stereocenters. The summed E-state index contributed by atoms with van der Waals surface area (Å²) in [5, 5.41) is 6.32. The van der Waals surface area contributed by atoms with E-state index in [1.54, 1.807) is 36.4 Å². The Bertz CT molecular complexity index is 743. The summed E-state index contributed by atoms with van der Waals surface area (Å²) < 4.78 is 17.4. The topological polar surface area (TPSA) is 77.0 Å². The third kappa shape index (κ3) is 6.06. The average Bonchev–Trinajstić information content (AvgIpc) is 2.64. The van der Waals surface area contributed by atoms with E-state index < -0.39 is 5.97 Å². The van der Waals surface area contributed by atoms with E-state index in [0.717, 1.165) is 5.56 Å². The number of hydrogen-bond acceptors (Lipinski definition) is 5. The van der Waals surface area contributed by atoms with Crippen LogP contribution in [0, 0.1) is 5.82 Å². The normalized spacial score (nSPS) is 10.5. The highest BCUT2D eigenvalue weighted by Crippen LogP contribution is 2.04.